The molecular weight excluding hydrogens is 498 g/mol. The second kappa shape index (κ2) is 8.23. The van der Waals surface area contributed by atoms with Crippen molar-refractivity contribution in [2.24, 2.45) is 0 Å². The lowest BCUT2D eigenvalue weighted by molar-refractivity contribution is -0.138. The molecule has 186 valence electrons. The molecule has 2 heterocycles. The number of benzene rings is 1. The third kappa shape index (κ3) is 3.44. The highest BCUT2D eigenvalue weighted by Crippen LogP contribution is 2.47. The van der Waals surface area contributed by atoms with E-state index >= 15 is 0 Å². The van der Waals surface area contributed by atoms with Crippen LogP contribution in [-0.2, 0) is 23.8 Å². The molecule has 2 aliphatic carbocycles. The minimum atomic E-state index is -4.86. The van der Waals surface area contributed by atoms with Crippen molar-refractivity contribution in [1.82, 2.24) is 15.2 Å². The molecule has 2 fully saturated rings. The molecule has 1 spiro atoms. The van der Waals surface area contributed by atoms with Gasteiger partial charge in [0.2, 0.25) is 0 Å². The van der Waals surface area contributed by atoms with Gasteiger partial charge >= 0.3 is 6.18 Å². The van der Waals surface area contributed by atoms with Gasteiger partial charge < -0.3 is 10.2 Å². The van der Waals surface area contributed by atoms with E-state index in [1.807, 2.05) is 0 Å². The summed E-state index contributed by atoms with van der Waals surface area (Å²) in [6.45, 7) is 0. The number of alkyl halides is 3. The molecule has 5 rings (SSSR count). The quantitative estimate of drug-likeness (QED) is 0.495. The highest BCUT2D eigenvalue weighted by Gasteiger charge is 2.61. The number of amides is 2. The van der Waals surface area contributed by atoms with Crippen molar-refractivity contribution in [3.63, 3.8) is 0 Å². The number of aromatic nitrogens is 1. The Bertz CT molecular complexity index is 1370. The molecular formula is C24H19F4N5O2S. The number of nitrogens with zero attached hydrogens (tertiary/aromatic N) is 4. The third-order valence-corrected chi connectivity index (χ3v) is 7.55. The molecule has 1 saturated carbocycles. The van der Waals surface area contributed by atoms with Gasteiger partial charge in [0.25, 0.3) is 11.8 Å². The summed E-state index contributed by atoms with van der Waals surface area (Å²) >= 11 is 5.65. The van der Waals surface area contributed by atoms with Crippen molar-refractivity contribution >= 4 is 34.8 Å². The number of nitrogens with one attached hydrogen (secondary N) is 1. The van der Waals surface area contributed by atoms with Crippen LogP contribution in [-0.4, -0.2) is 45.4 Å². The Hall–Kier alpha value is -3.59. The zero-order valence-corrected chi connectivity index (χ0v) is 19.8. The van der Waals surface area contributed by atoms with Gasteiger partial charge in [-0.3, -0.25) is 14.5 Å². The number of rotatable bonds is 3. The molecule has 1 N–H and O–H groups in total. The van der Waals surface area contributed by atoms with E-state index in [1.54, 1.807) is 4.90 Å². The van der Waals surface area contributed by atoms with Crippen LogP contribution in [0.25, 0.3) is 0 Å². The summed E-state index contributed by atoms with van der Waals surface area (Å²) in [4.78, 5) is 32.6. The van der Waals surface area contributed by atoms with E-state index in [2.05, 4.69) is 10.3 Å². The number of halogens is 4. The first-order chi connectivity index (χ1) is 17.0. The molecule has 2 aromatic rings. The summed E-state index contributed by atoms with van der Waals surface area (Å²) in [5.41, 5.74) is -2.53. The van der Waals surface area contributed by atoms with Crippen molar-refractivity contribution in [2.45, 2.75) is 49.9 Å². The number of hydrogen-bond acceptors (Lipinski definition) is 5. The second-order valence-corrected chi connectivity index (χ2v) is 9.51. The average Bonchev–Trinajstić information content (AvgIpc) is 3.26. The number of pyridine rings is 1. The lowest BCUT2D eigenvalue weighted by Gasteiger charge is -2.43. The summed E-state index contributed by atoms with van der Waals surface area (Å²) < 4.78 is 55.5. The lowest BCUT2D eigenvalue weighted by Crippen LogP contribution is -2.56. The number of hydrogen-bond donors (Lipinski definition) is 1. The van der Waals surface area contributed by atoms with Crippen molar-refractivity contribution < 1.29 is 27.2 Å². The number of anilines is 1. The molecule has 7 nitrogen and oxygen atoms in total. The minimum absolute atomic E-state index is 0.0455. The van der Waals surface area contributed by atoms with Gasteiger partial charge in [-0.05, 0) is 60.8 Å². The van der Waals surface area contributed by atoms with Gasteiger partial charge in [-0.15, -0.1) is 0 Å². The molecule has 36 heavy (non-hydrogen) atoms. The van der Waals surface area contributed by atoms with Gasteiger partial charge in [0, 0.05) is 25.9 Å². The zero-order chi connectivity index (χ0) is 26.0. The first-order valence-corrected chi connectivity index (χ1v) is 11.6. The fourth-order valence-electron chi connectivity index (χ4n) is 5.26. The number of carbonyl (C=O) groups excluding carboxylic acids is 2. The number of carbonyl (C=O) groups is 2. The van der Waals surface area contributed by atoms with Crippen LogP contribution in [0.5, 0.6) is 0 Å². The highest BCUT2D eigenvalue weighted by molar-refractivity contribution is 7.80. The molecule has 3 aliphatic rings. The Morgan fingerprint density at radius 1 is 1.25 bits per heavy atom. The summed E-state index contributed by atoms with van der Waals surface area (Å²) in [7, 11) is 1.38. The molecule has 2 amide bonds. The maximum absolute atomic E-state index is 14.7. The van der Waals surface area contributed by atoms with Gasteiger partial charge in [-0.2, -0.15) is 18.4 Å². The van der Waals surface area contributed by atoms with Crippen LogP contribution in [0, 0.1) is 17.1 Å². The van der Waals surface area contributed by atoms with E-state index in [0.29, 0.717) is 17.2 Å². The van der Waals surface area contributed by atoms with Crippen LogP contribution < -0.4 is 10.2 Å². The van der Waals surface area contributed by atoms with E-state index in [-0.39, 0.29) is 35.2 Å². The number of fused-ring (bicyclic) bond motifs is 1. The smallest absolute Gasteiger partial charge is 0.355 e. The average molecular weight is 518 g/mol. The fraction of sp³-hybridized carbons (Fsp3) is 0.375. The van der Waals surface area contributed by atoms with Gasteiger partial charge in [-0.25, -0.2) is 9.37 Å². The topological polar surface area (TPSA) is 89.3 Å². The van der Waals surface area contributed by atoms with Gasteiger partial charge in [0.15, 0.2) is 10.8 Å². The molecule has 0 radical (unpaired) electrons. The molecule has 1 aromatic carbocycles. The molecule has 1 atom stereocenters. The Morgan fingerprint density at radius 3 is 2.47 bits per heavy atom. The largest absolute Gasteiger partial charge is 0.419 e. The van der Waals surface area contributed by atoms with Crippen LogP contribution in [0.2, 0.25) is 0 Å². The molecule has 0 bridgehead atoms. The van der Waals surface area contributed by atoms with E-state index < -0.39 is 40.6 Å². The maximum Gasteiger partial charge on any atom is 0.419 e. The van der Waals surface area contributed by atoms with Crippen LogP contribution in [0.15, 0.2) is 24.4 Å². The Labute approximate surface area is 208 Å². The van der Waals surface area contributed by atoms with Crippen LogP contribution in [0.4, 0.5) is 23.2 Å². The normalized spacial score (nSPS) is 21.6. The van der Waals surface area contributed by atoms with E-state index in [4.69, 9.17) is 17.5 Å². The van der Waals surface area contributed by atoms with Gasteiger partial charge in [0.05, 0.1) is 23.0 Å². The van der Waals surface area contributed by atoms with Crippen molar-refractivity contribution in [3.8, 4) is 6.07 Å². The first-order valence-electron chi connectivity index (χ1n) is 11.2. The summed E-state index contributed by atoms with van der Waals surface area (Å²) in [5, 5.41) is 11.5. The van der Waals surface area contributed by atoms with Crippen molar-refractivity contribution in [3.05, 3.63) is 58.2 Å². The Morgan fingerprint density at radius 2 is 1.92 bits per heavy atom. The number of nitriles is 1. The van der Waals surface area contributed by atoms with Gasteiger partial charge in [-0.1, -0.05) is 0 Å². The van der Waals surface area contributed by atoms with Gasteiger partial charge in [0.1, 0.15) is 17.4 Å². The Balaban J connectivity index is 1.60. The van der Waals surface area contributed by atoms with E-state index in [1.165, 1.54) is 25.2 Å². The summed E-state index contributed by atoms with van der Waals surface area (Å²) in [6.07, 6.45) is -1.22. The highest BCUT2D eigenvalue weighted by atomic mass is 32.1. The predicted molar refractivity (Wildman–Crippen MR) is 123 cm³/mol. The fourth-order valence-corrected chi connectivity index (χ4v) is 5.77. The SMILES string of the molecule is CNC(=O)c1cc2c(cc1F)CC1(C2)C(=O)N(c2cnc(C#N)c(C(F)(F)F)c2)C(=S)N1C1CCC1. The summed E-state index contributed by atoms with van der Waals surface area (Å²) in [6, 6.07) is 4.69. The lowest BCUT2D eigenvalue weighted by atomic mass is 9.85. The molecule has 1 unspecified atom stereocenters. The molecule has 1 aliphatic heterocycles. The monoisotopic (exact) mass is 517 g/mol. The third-order valence-electron chi connectivity index (χ3n) is 7.17. The molecule has 12 heteroatoms. The number of thiocarbonyl (C=S) groups is 1. The predicted octanol–water partition coefficient (Wildman–Crippen LogP) is 3.49. The van der Waals surface area contributed by atoms with Crippen molar-refractivity contribution in [2.75, 3.05) is 11.9 Å². The minimum Gasteiger partial charge on any atom is -0.355 e. The summed E-state index contributed by atoms with van der Waals surface area (Å²) in [5.74, 6) is -1.88. The van der Waals surface area contributed by atoms with Crippen LogP contribution in [0.3, 0.4) is 0 Å². The second-order valence-electron chi connectivity index (χ2n) is 9.14. The first kappa shape index (κ1) is 24.1. The zero-order valence-electron chi connectivity index (χ0n) is 18.9. The van der Waals surface area contributed by atoms with Crippen LogP contribution in [0.1, 0.15) is 52.0 Å². The van der Waals surface area contributed by atoms with E-state index in [0.717, 1.165) is 30.4 Å². The maximum atomic E-state index is 14.7. The van der Waals surface area contributed by atoms with Crippen LogP contribution >= 0.6 is 12.2 Å². The molecule has 1 saturated heterocycles. The Kier molecular flexibility index (Phi) is 5.51. The molecule has 1 aromatic heterocycles. The standard InChI is InChI=1S/C24H19F4N5O2S/c1-30-20(34)16-5-12-8-23(9-13(12)6-18(16)25)21(35)32(22(36)33(23)14-3-2-4-14)15-7-17(24(26,27)28)19(10-29)31-11-15/h5-7,11,14H,2-4,8-9H2,1H3,(H,30,34). The van der Waals surface area contributed by atoms with E-state index in [9.17, 15) is 27.2 Å². The van der Waals surface area contributed by atoms with Crippen molar-refractivity contribution in [1.29, 1.82) is 5.26 Å².